The van der Waals surface area contributed by atoms with Crippen LogP contribution in [-0.2, 0) is 0 Å². The summed E-state index contributed by atoms with van der Waals surface area (Å²) in [4.78, 5) is 4.35. The van der Waals surface area contributed by atoms with Crippen molar-refractivity contribution < 1.29 is 4.74 Å². The summed E-state index contributed by atoms with van der Waals surface area (Å²) in [6.07, 6.45) is 1.84. The normalized spacial score (nSPS) is 12.2. The number of nitrogens with one attached hydrogen (secondary N) is 1. The van der Waals surface area contributed by atoms with Gasteiger partial charge in [0.2, 0.25) is 5.88 Å². The van der Waals surface area contributed by atoms with Gasteiger partial charge in [0.25, 0.3) is 0 Å². The molecule has 0 saturated carbocycles. The van der Waals surface area contributed by atoms with Crippen LogP contribution >= 0.6 is 31.9 Å². The minimum atomic E-state index is 0.293. The summed E-state index contributed by atoms with van der Waals surface area (Å²) in [6.45, 7) is 5.14. The minimum absolute atomic E-state index is 0.293. The quantitative estimate of drug-likeness (QED) is 0.761. The van der Waals surface area contributed by atoms with Gasteiger partial charge in [0, 0.05) is 22.8 Å². The van der Waals surface area contributed by atoms with Crippen molar-refractivity contribution in [2.24, 2.45) is 0 Å². The van der Waals surface area contributed by atoms with E-state index < -0.39 is 0 Å². The third-order valence-corrected chi connectivity index (χ3v) is 3.99. The summed E-state index contributed by atoms with van der Waals surface area (Å²) < 4.78 is 7.65. The lowest BCUT2D eigenvalue weighted by Crippen LogP contribution is -2.17. The van der Waals surface area contributed by atoms with Gasteiger partial charge in [-0.15, -0.1) is 0 Å². The molecule has 0 fully saturated rings. The maximum Gasteiger partial charge on any atom is 0.219 e. The minimum Gasteiger partial charge on any atom is -0.438 e. The first-order valence-electron chi connectivity index (χ1n) is 6.42. The Balaban J connectivity index is 2.10. The predicted molar refractivity (Wildman–Crippen MR) is 88.2 cm³/mol. The molecule has 20 heavy (non-hydrogen) atoms. The number of rotatable bonds is 5. The molecule has 2 aromatic rings. The molecule has 106 valence electrons. The van der Waals surface area contributed by atoms with E-state index in [1.165, 1.54) is 0 Å². The molecule has 1 aromatic carbocycles. The van der Waals surface area contributed by atoms with Crippen molar-refractivity contribution in [3.05, 3.63) is 51.0 Å². The zero-order chi connectivity index (χ0) is 14.5. The first kappa shape index (κ1) is 15.5. The average molecular weight is 400 g/mol. The lowest BCUT2D eigenvalue weighted by atomic mass is 10.1. The maximum atomic E-state index is 5.76. The molecule has 0 spiro atoms. The van der Waals surface area contributed by atoms with Crippen LogP contribution in [-0.4, -0.2) is 11.5 Å². The van der Waals surface area contributed by atoms with Crippen molar-refractivity contribution in [1.29, 1.82) is 0 Å². The zero-order valence-corrected chi connectivity index (χ0v) is 14.5. The van der Waals surface area contributed by atoms with Crippen LogP contribution in [0.3, 0.4) is 0 Å². The van der Waals surface area contributed by atoms with E-state index in [4.69, 9.17) is 4.74 Å². The molecule has 5 heteroatoms. The molecule has 1 aromatic heterocycles. The van der Waals surface area contributed by atoms with Gasteiger partial charge in [0.15, 0.2) is 0 Å². The highest BCUT2D eigenvalue weighted by atomic mass is 79.9. The Morgan fingerprint density at radius 1 is 1.25 bits per heavy atom. The maximum absolute atomic E-state index is 5.76. The second kappa shape index (κ2) is 7.20. The number of hydrogen-bond acceptors (Lipinski definition) is 3. The third kappa shape index (κ3) is 4.04. The molecule has 0 saturated heterocycles. The van der Waals surface area contributed by atoms with Gasteiger partial charge in [-0.1, -0.05) is 28.9 Å². The van der Waals surface area contributed by atoms with Gasteiger partial charge in [0.1, 0.15) is 5.75 Å². The van der Waals surface area contributed by atoms with Gasteiger partial charge < -0.3 is 10.1 Å². The standard InChI is InChI=1S/C15H16Br2N2O/c1-3-18-10(2)11-4-7-15(19-9-11)20-14-6-5-12(16)8-13(14)17/h4-10,18H,3H2,1-2H3. The number of pyridine rings is 1. The second-order valence-corrected chi connectivity index (χ2v) is 6.16. The van der Waals surface area contributed by atoms with Crippen molar-refractivity contribution in [3.8, 4) is 11.6 Å². The van der Waals surface area contributed by atoms with Crippen LogP contribution in [0, 0.1) is 0 Å². The molecular formula is C15H16Br2N2O. The molecule has 1 N–H and O–H groups in total. The Kier molecular flexibility index (Phi) is 5.57. The molecular weight excluding hydrogens is 384 g/mol. The number of ether oxygens (including phenoxy) is 1. The van der Waals surface area contributed by atoms with Crippen molar-refractivity contribution >= 4 is 31.9 Å². The number of aromatic nitrogens is 1. The highest BCUT2D eigenvalue weighted by molar-refractivity contribution is 9.11. The van der Waals surface area contributed by atoms with E-state index in [2.05, 4.69) is 56.0 Å². The molecule has 1 unspecified atom stereocenters. The monoisotopic (exact) mass is 398 g/mol. The predicted octanol–water partition coefficient (Wildman–Crippen LogP) is 5.07. The fourth-order valence-corrected chi connectivity index (χ4v) is 2.93. The highest BCUT2D eigenvalue weighted by Crippen LogP contribution is 2.31. The summed E-state index contributed by atoms with van der Waals surface area (Å²) in [5.74, 6) is 1.33. The Morgan fingerprint density at radius 2 is 2.05 bits per heavy atom. The van der Waals surface area contributed by atoms with Crippen molar-refractivity contribution in [1.82, 2.24) is 10.3 Å². The largest absolute Gasteiger partial charge is 0.438 e. The van der Waals surface area contributed by atoms with Crippen LogP contribution in [0.25, 0.3) is 0 Å². The van der Waals surface area contributed by atoms with Crippen molar-refractivity contribution in [2.45, 2.75) is 19.9 Å². The summed E-state index contributed by atoms with van der Waals surface area (Å²) >= 11 is 6.88. The van der Waals surface area contributed by atoms with E-state index in [0.29, 0.717) is 11.9 Å². The van der Waals surface area contributed by atoms with Gasteiger partial charge in [-0.25, -0.2) is 4.98 Å². The molecule has 2 rings (SSSR count). The highest BCUT2D eigenvalue weighted by Gasteiger charge is 2.07. The number of nitrogens with zero attached hydrogens (tertiary/aromatic N) is 1. The van der Waals surface area contributed by atoms with E-state index >= 15 is 0 Å². The molecule has 0 aliphatic rings. The molecule has 1 heterocycles. The van der Waals surface area contributed by atoms with E-state index in [1.807, 2.05) is 36.5 Å². The molecule has 0 aliphatic carbocycles. The summed E-state index contributed by atoms with van der Waals surface area (Å²) in [7, 11) is 0. The average Bonchev–Trinajstić information content (AvgIpc) is 2.43. The van der Waals surface area contributed by atoms with E-state index in [0.717, 1.165) is 26.8 Å². The van der Waals surface area contributed by atoms with Gasteiger partial charge in [-0.05, 0) is 53.2 Å². The fourth-order valence-electron chi connectivity index (χ4n) is 1.80. The number of halogens is 2. The summed E-state index contributed by atoms with van der Waals surface area (Å²) in [5, 5.41) is 3.35. The van der Waals surface area contributed by atoms with Gasteiger partial charge >= 0.3 is 0 Å². The van der Waals surface area contributed by atoms with E-state index in [9.17, 15) is 0 Å². The number of benzene rings is 1. The lowest BCUT2D eigenvalue weighted by molar-refractivity contribution is 0.458. The Hall–Kier alpha value is -0.910. The van der Waals surface area contributed by atoms with Gasteiger partial charge in [-0.3, -0.25) is 0 Å². The topological polar surface area (TPSA) is 34.1 Å². The third-order valence-electron chi connectivity index (χ3n) is 2.88. The smallest absolute Gasteiger partial charge is 0.219 e. The molecule has 0 bridgehead atoms. The molecule has 1 atom stereocenters. The zero-order valence-electron chi connectivity index (χ0n) is 11.4. The Labute approximate surface area is 136 Å². The summed E-state index contributed by atoms with van der Waals surface area (Å²) in [5.41, 5.74) is 1.15. The van der Waals surface area contributed by atoms with Crippen LogP contribution in [0.15, 0.2) is 45.5 Å². The van der Waals surface area contributed by atoms with Crippen LogP contribution in [0.4, 0.5) is 0 Å². The second-order valence-electron chi connectivity index (χ2n) is 4.39. The van der Waals surface area contributed by atoms with Crippen LogP contribution < -0.4 is 10.1 Å². The van der Waals surface area contributed by atoms with Crippen molar-refractivity contribution in [3.63, 3.8) is 0 Å². The molecule has 0 aliphatic heterocycles. The van der Waals surface area contributed by atoms with E-state index in [1.54, 1.807) is 0 Å². The first-order valence-corrected chi connectivity index (χ1v) is 8.01. The van der Waals surface area contributed by atoms with Crippen LogP contribution in [0.1, 0.15) is 25.5 Å². The van der Waals surface area contributed by atoms with Crippen LogP contribution in [0.2, 0.25) is 0 Å². The SMILES string of the molecule is CCNC(C)c1ccc(Oc2ccc(Br)cc2Br)nc1. The van der Waals surface area contributed by atoms with Crippen molar-refractivity contribution in [2.75, 3.05) is 6.54 Å². The lowest BCUT2D eigenvalue weighted by Gasteiger charge is -2.13. The van der Waals surface area contributed by atoms with Crippen LogP contribution in [0.5, 0.6) is 11.6 Å². The fraction of sp³-hybridized carbons (Fsp3) is 0.267. The van der Waals surface area contributed by atoms with E-state index in [-0.39, 0.29) is 0 Å². The van der Waals surface area contributed by atoms with Gasteiger partial charge in [-0.2, -0.15) is 0 Å². The first-order chi connectivity index (χ1) is 9.60. The molecule has 0 radical (unpaired) electrons. The molecule has 3 nitrogen and oxygen atoms in total. The summed E-state index contributed by atoms with van der Waals surface area (Å²) in [6, 6.07) is 9.98. The number of hydrogen-bond donors (Lipinski definition) is 1. The molecule has 0 amide bonds. The Morgan fingerprint density at radius 3 is 2.65 bits per heavy atom. The Bertz CT molecular complexity index is 573. The van der Waals surface area contributed by atoms with Gasteiger partial charge in [0.05, 0.1) is 4.47 Å².